The van der Waals surface area contributed by atoms with E-state index in [1.807, 2.05) is 0 Å². The summed E-state index contributed by atoms with van der Waals surface area (Å²) in [7, 11) is 1.60. The summed E-state index contributed by atoms with van der Waals surface area (Å²) in [6.07, 6.45) is 0.787. The van der Waals surface area contributed by atoms with E-state index in [0.717, 1.165) is 6.42 Å². The molecule has 19 heavy (non-hydrogen) atoms. The molecule has 2 amide bonds. The van der Waals surface area contributed by atoms with Crippen LogP contribution in [0.3, 0.4) is 0 Å². The van der Waals surface area contributed by atoms with Crippen molar-refractivity contribution < 1.29 is 24.2 Å². The van der Waals surface area contributed by atoms with Crippen LogP contribution in [-0.4, -0.2) is 56.1 Å². The van der Waals surface area contributed by atoms with Crippen LogP contribution in [0.2, 0.25) is 0 Å². The van der Waals surface area contributed by atoms with Gasteiger partial charge in [-0.05, 0) is 5.92 Å². The summed E-state index contributed by atoms with van der Waals surface area (Å²) in [5.41, 5.74) is -0.440. The molecule has 1 fully saturated rings. The molecular weight excluding hydrogens is 252 g/mol. The van der Waals surface area contributed by atoms with Crippen molar-refractivity contribution in [2.45, 2.75) is 25.4 Å². The van der Waals surface area contributed by atoms with Gasteiger partial charge in [-0.2, -0.15) is 0 Å². The molecule has 1 aliphatic heterocycles. The molecule has 1 heterocycles. The Hall–Kier alpha value is -1.34. The molecule has 7 heteroatoms. The third-order valence-corrected chi connectivity index (χ3v) is 3.21. The second-order valence-corrected chi connectivity index (χ2v) is 4.96. The van der Waals surface area contributed by atoms with E-state index in [0.29, 0.717) is 26.3 Å². The van der Waals surface area contributed by atoms with Gasteiger partial charge in [0.15, 0.2) is 0 Å². The fourth-order valence-electron chi connectivity index (χ4n) is 1.90. The van der Waals surface area contributed by atoms with Crippen LogP contribution in [0.25, 0.3) is 0 Å². The largest absolute Gasteiger partial charge is 0.481 e. The lowest BCUT2D eigenvalue weighted by molar-refractivity contribution is -0.137. The van der Waals surface area contributed by atoms with Gasteiger partial charge in [0, 0.05) is 33.1 Å². The van der Waals surface area contributed by atoms with Gasteiger partial charge in [-0.1, -0.05) is 6.92 Å². The first-order chi connectivity index (χ1) is 8.97. The number of ether oxygens (including phenoxy) is 2. The van der Waals surface area contributed by atoms with Gasteiger partial charge in [-0.3, -0.25) is 4.79 Å². The van der Waals surface area contributed by atoms with Crippen molar-refractivity contribution in [2.24, 2.45) is 5.92 Å². The standard InChI is InChI=1S/C12H22N2O5/c1-9(5-10(15)16)6-13-11(17)14-7-12(18-2)3-4-19-8-12/h9H,3-8H2,1-2H3,(H,15,16)(H2,13,14,17). The zero-order valence-electron chi connectivity index (χ0n) is 11.4. The highest BCUT2D eigenvalue weighted by Crippen LogP contribution is 2.21. The lowest BCUT2D eigenvalue weighted by atomic mass is 10.0. The number of urea groups is 1. The molecule has 2 atom stereocenters. The van der Waals surface area contributed by atoms with E-state index in [1.165, 1.54) is 0 Å². The number of rotatable bonds is 7. The van der Waals surface area contributed by atoms with Crippen LogP contribution in [-0.2, 0) is 14.3 Å². The van der Waals surface area contributed by atoms with E-state index < -0.39 is 11.6 Å². The van der Waals surface area contributed by atoms with Crippen LogP contribution in [0.15, 0.2) is 0 Å². The third kappa shape index (κ3) is 5.44. The number of carbonyl (C=O) groups excluding carboxylic acids is 1. The normalized spacial score (nSPS) is 23.9. The first kappa shape index (κ1) is 15.7. The summed E-state index contributed by atoms with van der Waals surface area (Å²) in [6, 6.07) is -0.319. The van der Waals surface area contributed by atoms with E-state index in [2.05, 4.69) is 10.6 Å². The third-order valence-electron chi connectivity index (χ3n) is 3.21. The molecule has 7 nitrogen and oxygen atoms in total. The minimum atomic E-state index is -0.865. The van der Waals surface area contributed by atoms with Crippen LogP contribution >= 0.6 is 0 Å². The highest BCUT2D eigenvalue weighted by Gasteiger charge is 2.35. The summed E-state index contributed by atoms with van der Waals surface area (Å²) < 4.78 is 10.6. The van der Waals surface area contributed by atoms with Crippen molar-refractivity contribution in [3.8, 4) is 0 Å². The Labute approximate surface area is 112 Å². The second kappa shape index (κ2) is 7.30. The molecule has 0 saturated carbocycles. The van der Waals surface area contributed by atoms with Gasteiger partial charge in [0.2, 0.25) is 0 Å². The van der Waals surface area contributed by atoms with E-state index in [9.17, 15) is 9.59 Å². The fourth-order valence-corrected chi connectivity index (χ4v) is 1.90. The quantitative estimate of drug-likeness (QED) is 0.616. The monoisotopic (exact) mass is 274 g/mol. The molecule has 0 radical (unpaired) electrons. The maximum atomic E-state index is 11.6. The molecule has 0 aliphatic carbocycles. The topological polar surface area (TPSA) is 96.9 Å². The first-order valence-electron chi connectivity index (χ1n) is 6.34. The van der Waals surface area contributed by atoms with E-state index in [1.54, 1.807) is 14.0 Å². The molecule has 1 aliphatic rings. The summed E-state index contributed by atoms with van der Waals surface area (Å²) >= 11 is 0. The van der Waals surface area contributed by atoms with Gasteiger partial charge in [0.25, 0.3) is 0 Å². The average Bonchev–Trinajstić information content (AvgIpc) is 2.82. The molecule has 0 aromatic rings. The number of carbonyl (C=O) groups is 2. The average molecular weight is 274 g/mol. The summed E-state index contributed by atoms with van der Waals surface area (Å²) in [5, 5.41) is 14.0. The lowest BCUT2D eigenvalue weighted by Gasteiger charge is -2.26. The molecule has 0 aromatic heterocycles. The summed E-state index contributed by atoms with van der Waals surface area (Å²) in [6.45, 7) is 3.58. The van der Waals surface area contributed by atoms with Crippen molar-refractivity contribution >= 4 is 12.0 Å². The number of hydrogen-bond acceptors (Lipinski definition) is 4. The molecule has 2 unspecified atom stereocenters. The van der Waals surface area contributed by atoms with Gasteiger partial charge >= 0.3 is 12.0 Å². The van der Waals surface area contributed by atoms with Gasteiger partial charge < -0.3 is 25.2 Å². The number of amides is 2. The van der Waals surface area contributed by atoms with Gasteiger partial charge in [0.1, 0.15) is 5.60 Å². The van der Waals surface area contributed by atoms with Crippen LogP contribution in [0, 0.1) is 5.92 Å². The number of hydrogen-bond donors (Lipinski definition) is 3. The van der Waals surface area contributed by atoms with Crippen molar-refractivity contribution in [3.05, 3.63) is 0 Å². The van der Waals surface area contributed by atoms with Crippen LogP contribution < -0.4 is 10.6 Å². The lowest BCUT2D eigenvalue weighted by Crippen LogP contribution is -2.48. The van der Waals surface area contributed by atoms with Gasteiger partial charge in [-0.25, -0.2) is 4.79 Å². The molecule has 0 bridgehead atoms. The number of carboxylic acids is 1. The molecule has 1 saturated heterocycles. The molecule has 1 rings (SSSR count). The zero-order valence-corrected chi connectivity index (χ0v) is 11.4. The predicted molar refractivity (Wildman–Crippen MR) is 68.0 cm³/mol. The minimum absolute atomic E-state index is 0.0378. The van der Waals surface area contributed by atoms with E-state index >= 15 is 0 Å². The number of aliphatic carboxylic acids is 1. The SMILES string of the molecule is COC1(CNC(=O)NCC(C)CC(=O)O)CCOC1. The molecule has 110 valence electrons. The van der Waals surface area contributed by atoms with Crippen LogP contribution in [0.1, 0.15) is 19.8 Å². The van der Waals surface area contributed by atoms with Gasteiger partial charge in [-0.15, -0.1) is 0 Å². The van der Waals surface area contributed by atoms with Crippen LogP contribution in [0.5, 0.6) is 0 Å². The van der Waals surface area contributed by atoms with Crippen molar-refractivity contribution in [2.75, 3.05) is 33.4 Å². The highest BCUT2D eigenvalue weighted by atomic mass is 16.5. The first-order valence-corrected chi connectivity index (χ1v) is 6.34. The van der Waals surface area contributed by atoms with E-state index in [4.69, 9.17) is 14.6 Å². The number of methoxy groups -OCH3 is 1. The maximum Gasteiger partial charge on any atom is 0.314 e. The Morgan fingerprint density at radius 1 is 1.47 bits per heavy atom. The van der Waals surface area contributed by atoms with Crippen molar-refractivity contribution in [1.82, 2.24) is 10.6 Å². The Bertz CT molecular complexity index is 315. The molecule has 3 N–H and O–H groups in total. The predicted octanol–water partition coefficient (Wildman–Crippen LogP) is 0.202. The maximum absolute atomic E-state index is 11.6. The zero-order chi connectivity index (χ0) is 14.3. The van der Waals surface area contributed by atoms with Gasteiger partial charge in [0.05, 0.1) is 13.2 Å². The fraction of sp³-hybridized carbons (Fsp3) is 0.833. The smallest absolute Gasteiger partial charge is 0.314 e. The Morgan fingerprint density at radius 3 is 2.74 bits per heavy atom. The summed E-state index contributed by atoms with van der Waals surface area (Å²) in [4.78, 5) is 22.1. The highest BCUT2D eigenvalue weighted by molar-refractivity contribution is 5.74. The molecule has 0 aromatic carbocycles. The minimum Gasteiger partial charge on any atom is -0.481 e. The molecule has 0 spiro atoms. The van der Waals surface area contributed by atoms with Crippen LogP contribution in [0.4, 0.5) is 4.79 Å². The summed E-state index contributed by atoms with van der Waals surface area (Å²) in [5.74, 6) is -0.967. The number of carboxylic acid groups (broad SMARTS) is 1. The Kier molecular flexibility index (Phi) is 6.04. The van der Waals surface area contributed by atoms with Crippen molar-refractivity contribution in [1.29, 1.82) is 0 Å². The Balaban J connectivity index is 2.22. The second-order valence-electron chi connectivity index (χ2n) is 4.96. The van der Waals surface area contributed by atoms with Crippen molar-refractivity contribution in [3.63, 3.8) is 0 Å². The van der Waals surface area contributed by atoms with E-state index in [-0.39, 0.29) is 18.4 Å². The Morgan fingerprint density at radius 2 is 2.21 bits per heavy atom. The molecular formula is C12H22N2O5. The number of nitrogens with one attached hydrogen (secondary N) is 2.